The Morgan fingerprint density at radius 1 is 1.40 bits per heavy atom. The molecule has 1 rings (SSSR count). The van der Waals surface area contributed by atoms with Crippen molar-refractivity contribution in [2.45, 2.75) is 31.9 Å². The quantitative estimate of drug-likeness (QED) is 0.597. The number of ether oxygens (including phenoxy) is 3. The first-order valence-corrected chi connectivity index (χ1v) is 6.42. The molecule has 1 unspecified atom stereocenters. The van der Waals surface area contributed by atoms with E-state index in [0.29, 0.717) is 13.2 Å². The van der Waals surface area contributed by atoms with Crippen LogP contribution in [0.5, 0.6) is 0 Å². The molecule has 0 aromatic rings. The summed E-state index contributed by atoms with van der Waals surface area (Å²) in [4.78, 5) is 34.0. The fraction of sp³-hybridized carbons (Fsp3) is 0.750. The van der Waals surface area contributed by atoms with Gasteiger partial charge in [0.25, 0.3) is 5.91 Å². The summed E-state index contributed by atoms with van der Waals surface area (Å²) in [5.41, 5.74) is 0. The van der Waals surface area contributed by atoms with Crippen molar-refractivity contribution in [3.63, 3.8) is 0 Å². The summed E-state index contributed by atoms with van der Waals surface area (Å²) in [7, 11) is 0. The second-order valence-corrected chi connectivity index (χ2v) is 4.18. The molecule has 0 aliphatic carbocycles. The van der Waals surface area contributed by atoms with Gasteiger partial charge < -0.3 is 24.6 Å². The lowest BCUT2D eigenvalue weighted by molar-refractivity contribution is -0.153. The van der Waals surface area contributed by atoms with Crippen LogP contribution in [0.1, 0.15) is 19.8 Å². The van der Waals surface area contributed by atoms with Crippen molar-refractivity contribution in [1.82, 2.24) is 5.32 Å². The number of nitrogens with one attached hydrogen (secondary N) is 1. The van der Waals surface area contributed by atoms with Gasteiger partial charge in [0.2, 0.25) is 0 Å². The van der Waals surface area contributed by atoms with Crippen molar-refractivity contribution in [3.8, 4) is 0 Å². The monoisotopic (exact) mass is 289 g/mol. The number of carboxylic acids is 1. The molecule has 1 amide bonds. The minimum atomic E-state index is -1.21. The molecule has 1 heterocycles. The molecule has 0 aromatic heterocycles. The summed E-state index contributed by atoms with van der Waals surface area (Å²) in [6.45, 7) is 2.69. The van der Waals surface area contributed by atoms with Gasteiger partial charge in [0.05, 0.1) is 26.4 Å². The van der Waals surface area contributed by atoms with Crippen molar-refractivity contribution in [1.29, 1.82) is 0 Å². The van der Waals surface area contributed by atoms with Crippen LogP contribution in [-0.2, 0) is 28.6 Å². The van der Waals surface area contributed by atoms with Gasteiger partial charge in [-0.05, 0) is 13.3 Å². The predicted molar refractivity (Wildman–Crippen MR) is 66.0 cm³/mol. The standard InChI is InChI=1S/C12H19NO7/c1-2-19-10(14)4-3-8(12(16)17)13-11(15)9-7-18-5-6-20-9/h8-9H,2-7H2,1H3,(H,13,15)(H,16,17)/t8-,9?/m0/s1. The second-order valence-electron chi connectivity index (χ2n) is 4.18. The number of carboxylic acid groups (broad SMARTS) is 1. The number of aliphatic carboxylic acids is 1. The molecule has 1 aliphatic rings. The van der Waals surface area contributed by atoms with Gasteiger partial charge in [-0.3, -0.25) is 9.59 Å². The number of hydrogen-bond donors (Lipinski definition) is 2. The Bertz CT molecular complexity index is 352. The van der Waals surface area contributed by atoms with Gasteiger partial charge in [0.15, 0.2) is 6.10 Å². The molecule has 8 heteroatoms. The SMILES string of the molecule is CCOC(=O)CC[C@H](NC(=O)C1COCCO1)C(=O)O. The summed E-state index contributed by atoms with van der Waals surface area (Å²) >= 11 is 0. The molecule has 1 fully saturated rings. The highest BCUT2D eigenvalue weighted by molar-refractivity contribution is 5.86. The lowest BCUT2D eigenvalue weighted by Gasteiger charge is -2.23. The van der Waals surface area contributed by atoms with E-state index in [1.54, 1.807) is 6.92 Å². The molecule has 1 saturated heterocycles. The summed E-state index contributed by atoms with van der Waals surface area (Å²) in [5, 5.41) is 11.4. The Labute approximate surface area is 116 Å². The molecular weight excluding hydrogens is 270 g/mol. The van der Waals surface area contributed by atoms with Crippen LogP contribution in [0, 0.1) is 0 Å². The highest BCUT2D eigenvalue weighted by Gasteiger charge is 2.28. The van der Waals surface area contributed by atoms with Crippen molar-refractivity contribution < 1.29 is 33.7 Å². The number of carbonyl (C=O) groups is 3. The van der Waals surface area contributed by atoms with Crippen molar-refractivity contribution >= 4 is 17.8 Å². The van der Waals surface area contributed by atoms with Crippen LogP contribution in [0.25, 0.3) is 0 Å². The van der Waals surface area contributed by atoms with Gasteiger partial charge in [-0.15, -0.1) is 0 Å². The smallest absolute Gasteiger partial charge is 0.326 e. The third-order valence-corrected chi connectivity index (χ3v) is 2.67. The van der Waals surface area contributed by atoms with Gasteiger partial charge in [-0.1, -0.05) is 0 Å². The van der Waals surface area contributed by atoms with Crippen LogP contribution in [0.15, 0.2) is 0 Å². The summed E-state index contributed by atoms with van der Waals surface area (Å²) in [6.07, 6.45) is -0.922. The molecule has 1 aliphatic heterocycles. The first kappa shape index (κ1) is 16.4. The molecule has 2 atom stereocenters. The van der Waals surface area contributed by atoms with E-state index < -0.39 is 30.0 Å². The average Bonchev–Trinajstić information content (AvgIpc) is 2.44. The average molecular weight is 289 g/mol. The van der Waals surface area contributed by atoms with E-state index in [-0.39, 0.29) is 26.1 Å². The van der Waals surface area contributed by atoms with Gasteiger partial charge in [-0.25, -0.2) is 4.79 Å². The molecule has 0 saturated carbocycles. The van der Waals surface area contributed by atoms with E-state index in [0.717, 1.165) is 0 Å². The van der Waals surface area contributed by atoms with Crippen molar-refractivity contribution in [2.24, 2.45) is 0 Å². The zero-order valence-electron chi connectivity index (χ0n) is 11.3. The minimum Gasteiger partial charge on any atom is -0.480 e. The normalized spacial score (nSPS) is 19.9. The highest BCUT2D eigenvalue weighted by Crippen LogP contribution is 2.04. The maximum Gasteiger partial charge on any atom is 0.326 e. The Morgan fingerprint density at radius 2 is 2.15 bits per heavy atom. The van der Waals surface area contributed by atoms with Gasteiger partial charge in [0, 0.05) is 6.42 Å². The van der Waals surface area contributed by atoms with Crippen LogP contribution in [-0.4, -0.2) is 61.5 Å². The van der Waals surface area contributed by atoms with Crippen molar-refractivity contribution in [2.75, 3.05) is 26.4 Å². The lowest BCUT2D eigenvalue weighted by atomic mass is 10.1. The first-order valence-electron chi connectivity index (χ1n) is 6.42. The second kappa shape index (κ2) is 8.49. The topological polar surface area (TPSA) is 111 Å². The molecule has 114 valence electrons. The summed E-state index contributed by atoms with van der Waals surface area (Å²) in [6, 6.07) is -1.16. The Morgan fingerprint density at radius 3 is 2.70 bits per heavy atom. The lowest BCUT2D eigenvalue weighted by Crippen LogP contribution is -2.49. The van der Waals surface area contributed by atoms with E-state index in [4.69, 9.17) is 19.3 Å². The van der Waals surface area contributed by atoms with Crippen LogP contribution in [0.3, 0.4) is 0 Å². The number of hydrogen-bond acceptors (Lipinski definition) is 6. The van der Waals surface area contributed by atoms with E-state index in [2.05, 4.69) is 5.32 Å². The van der Waals surface area contributed by atoms with Gasteiger partial charge in [0.1, 0.15) is 6.04 Å². The fourth-order valence-corrected chi connectivity index (χ4v) is 1.66. The number of carbonyl (C=O) groups excluding carboxylic acids is 2. The molecule has 2 N–H and O–H groups in total. The zero-order chi connectivity index (χ0) is 15.0. The fourth-order valence-electron chi connectivity index (χ4n) is 1.66. The van der Waals surface area contributed by atoms with Crippen LogP contribution in [0.4, 0.5) is 0 Å². The summed E-state index contributed by atoms with van der Waals surface area (Å²) < 4.78 is 14.9. The minimum absolute atomic E-state index is 0.0342. The Kier molecular flexibility index (Phi) is 6.96. The van der Waals surface area contributed by atoms with E-state index >= 15 is 0 Å². The van der Waals surface area contributed by atoms with Crippen LogP contribution >= 0.6 is 0 Å². The van der Waals surface area contributed by atoms with Gasteiger partial charge in [-0.2, -0.15) is 0 Å². The zero-order valence-corrected chi connectivity index (χ0v) is 11.3. The third kappa shape index (κ3) is 5.54. The molecule has 0 radical (unpaired) electrons. The maximum absolute atomic E-state index is 11.8. The number of rotatable bonds is 7. The van der Waals surface area contributed by atoms with Gasteiger partial charge >= 0.3 is 11.9 Å². The molecule has 0 bridgehead atoms. The molecule has 8 nitrogen and oxygen atoms in total. The molecule has 0 aromatic carbocycles. The number of esters is 1. The maximum atomic E-state index is 11.8. The Hall–Kier alpha value is -1.67. The van der Waals surface area contributed by atoms with Crippen molar-refractivity contribution in [3.05, 3.63) is 0 Å². The largest absolute Gasteiger partial charge is 0.480 e. The first-order chi connectivity index (χ1) is 9.54. The van der Waals surface area contributed by atoms with Crippen LogP contribution in [0.2, 0.25) is 0 Å². The highest BCUT2D eigenvalue weighted by atomic mass is 16.6. The molecule has 0 spiro atoms. The van der Waals surface area contributed by atoms with Crippen LogP contribution < -0.4 is 5.32 Å². The third-order valence-electron chi connectivity index (χ3n) is 2.67. The summed E-state index contributed by atoms with van der Waals surface area (Å²) in [5.74, 6) is -2.26. The number of amides is 1. The predicted octanol–water partition coefficient (Wildman–Crippen LogP) is -0.685. The Balaban J connectivity index is 2.43. The van der Waals surface area contributed by atoms with E-state index in [9.17, 15) is 14.4 Å². The van der Waals surface area contributed by atoms with E-state index in [1.807, 2.05) is 0 Å². The van der Waals surface area contributed by atoms with E-state index in [1.165, 1.54) is 0 Å². The molecular formula is C12H19NO7. The molecule has 20 heavy (non-hydrogen) atoms.